The molecule has 30 heavy (non-hydrogen) atoms. The highest BCUT2D eigenvalue weighted by atomic mass is 16.2. The minimum absolute atomic E-state index is 0.0875. The van der Waals surface area contributed by atoms with Crippen LogP contribution >= 0.6 is 0 Å². The Kier molecular flexibility index (Phi) is 7.03. The lowest BCUT2D eigenvalue weighted by molar-refractivity contribution is 0.0720. The number of nitrogens with zero attached hydrogens (tertiary/aromatic N) is 4. The third-order valence-corrected chi connectivity index (χ3v) is 5.18. The van der Waals surface area contributed by atoms with Gasteiger partial charge in [0.05, 0.1) is 12.2 Å². The van der Waals surface area contributed by atoms with Crippen LogP contribution in [0, 0.1) is 12.8 Å². The van der Waals surface area contributed by atoms with E-state index < -0.39 is 5.91 Å². The number of aryl methyl sites for hydroxylation is 1. The molecule has 2 N–H and O–H groups in total. The standard InChI is InChI=1S/C23H31N5O2/c1-16(2)14-28(22(30)19-9-7-18(8-10-19)21(24)29)15-20-13-17(3)25-23(26-20)27-11-5-4-6-12-27/h7-10,13,16H,4-6,11-12,14-15H2,1-3H3,(H2,24,29). The van der Waals surface area contributed by atoms with Gasteiger partial charge in [-0.05, 0) is 62.4 Å². The van der Waals surface area contributed by atoms with Gasteiger partial charge in [0.2, 0.25) is 11.9 Å². The third kappa shape index (κ3) is 5.55. The lowest BCUT2D eigenvalue weighted by Gasteiger charge is -2.28. The van der Waals surface area contributed by atoms with Crippen molar-refractivity contribution in [2.75, 3.05) is 24.5 Å². The van der Waals surface area contributed by atoms with Crippen LogP contribution in [0.1, 0.15) is 65.2 Å². The first-order valence-corrected chi connectivity index (χ1v) is 10.6. The molecule has 1 saturated heterocycles. The molecule has 2 aromatic rings. The fourth-order valence-corrected chi connectivity index (χ4v) is 3.75. The predicted molar refractivity (Wildman–Crippen MR) is 117 cm³/mol. The number of hydrogen-bond acceptors (Lipinski definition) is 5. The largest absolute Gasteiger partial charge is 0.366 e. The number of aromatic nitrogens is 2. The van der Waals surface area contributed by atoms with Crippen molar-refractivity contribution in [3.8, 4) is 0 Å². The first kappa shape index (κ1) is 21.7. The van der Waals surface area contributed by atoms with Gasteiger partial charge in [0, 0.05) is 36.5 Å². The monoisotopic (exact) mass is 409 g/mol. The molecule has 7 heteroatoms. The second-order valence-corrected chi connectivity index (χ2v) is 8.37. The number of amides is 2. The fraction of sp³-hybridized carbons (Fsp3) is 0.478. The zero-order valence-corrected chi connectivity index (χ0v) is 18.1. The van der Waals surface area contributed by atoms with Crippen LogP contribution in [0.4, 0.5) is 5.95 Å². The maximum Gasteiger partial charge on any atom is 0.254 e. The van der Waals surface area contributed by atoms with E-state index in [-0.39, 0.29) is 5.91 Å². The van der Waals surface area contributed by atoms with Crippen molar-refractivity contribution in [1.82, 2.24) is 14.9 Å². The summed E-state index contributed by atoms with van der Waals surface area (Å²) in [6.45, 7) is 9.11. The summed E-state index contributed by atoms with van der Waals surface area (Å²) < 4.78 is 0. The molecule has 1 aromatic heterocycles. The van der Waals surface area contributed by atoms with E-state index >= 15 is 0 Å². The van der Waals surface area contributed by atoms with Crippen molar-refractivity contribution in [1.29, 1.82) is 0 Å². The molecule has 0 aliphatic carbocycles. The molecule has 160 valence electrons. The molecule has 0 radical (unpaired) electrons. The molecule has 0 atom stereocenters. The second-order valence-electron chi connectivity index (χ2n) is 8.37. The van der Waals surface area contributed by atoms with Gasteiger partial charge in [0.15, 0.2) is 0 Å². The molecule has 1 fully saturated rings. The van der Waals surface area contributed by atoms with E-state index in [4.69, 9.17) is 10.7 Å². The Morgan fingerprint density at radius 1 is 1.07 bits per heavy atom. The number of benzene rings is 1. The van der Waals surface area contributed by atoms with E-state index in [2.05, 4.69) is 23.7 Å². The van der Waals surface area contributed by atoms with Crippen molar-refractivity contribution >= 4 is 17.8 Å². The Balaban J connectivity index is 1.82. The lowest BCUT2D eigenvalue weighted by atomic mass is 10.1. The van der Waals surface area contributed by atoms with Crippen molar-refractivity contribution in [2.24, 2.45) is 11.7 Å². The molecule has 1 aromatic carbocycles. The van der Waals surface area contributed by atoms with Gasteiger partial charge in [-0.25, -0.2) is 9.97 Å². The first-order chi connectivity index (χ1) is 14.3. The molecule has 0 unspecified atom stereocenters. The van der Waals surface area contributed by atoms with Gasteiger partial charge in [0.1, 0.15) is 0 Å². The van der Waals surface area contributed by atoms with E-state index in [0.29, 0.717) is 30.1 Å². The molecule has 0 spiro atoms. The Morgan fingerprint density at radius 2 is 1.70 bits per heavy atom. The number of primary amides is 1. The Bertz CT molecular complexity index is 889. The number of nitrogens with two attached hydrogens (primary N) is 1. The van der Waals surface area contributed by atoms with Crippen molar-refractivity contribution in [3.63, 3.8) is 0 Å². The molecule has 1 aliphatic rings. The maximum atomic E-state index is 13.2. The summed E-state index contributed by atoms with van der Waals surface area (Å²) in [5, 5.41) is 0. The maximum absolute atomic E-state index is 13.2. The zero-order valence-electron chi connectivity index (χ0n) is 18.1. The smallest absolute Gasteiger partial charge is 0.254 e. The number of rotatable bonds is 7. The third-order valence-electron chi connectivity index (χ3n) is 5.18. The summed E-state index contributed by atoms with van der Waals surface area (Å²) in [6, 6.07) is 8.43. The van der Waals surface area contributed by atoms with Crippen LogP contribution in [-0.4, -0.2) is 46.3 Å². The molecular weight excluding hydrogens is 378 g/mol. The minimum atomic E-state index is -0.505. The van der Waals surface area contributed by atoms with E-state index in [1.54, 1.807) is 24.3 Å². The van der Waals surface area contributed by atoms with Crippen LogP contribution in [0.25, 0.3) is 0 Å². The fourth-order valence-electron chi connectivity index (χ4n) is 3.75. The van der Waals surface area contributed by atoms with Crippen LogP contribution in [0.15, 0.2) is 30.3 Å². The minimum Gasteiger partial charge on any atom is -0.366 e. The van der Waals surface area contributed by atoms with Crippen LogP contribution in [0.2, 0.25) is 0 Å². The lowest BCUT2D eigenvalue weighted by Crippen LogP contribution is -2.35. The molecular formula is C23H31N5O2. The number of piperidine rings is 1. The molecule has 2 heterocycles. The predicted octanol–water partition coefficient (Wildman–Crippen LogP) is 3.17. The van der Waals surface area contributed by atoms with E-state index in [0.717, 1.165) is 43.3 Å². The number of anilines is 1. The average molecular weight is 410 g/mol. The van der Waals surface area contributed by atoms with Gasteiger partial charge >= 0.3 is 0 Å². The Morgan fingerprint density at radius 3 is 2.30 bits per heavy atom. The van der Waals surface area contributed by atoms with Gasteiger partial charge in [-0.2, -0.15) is 0 Å². The molecule has 7 nitrogen and oxygen atoms in total. The number of carbonyl (C=O) groups is 2. The summed E-state index contributed by atoms with van der Waals surface area (Å²) in [4.78, 5) is 37.9. The van der Waals surface area contributed by atoms with Gasteiger partial charge in [-0.15, -0.1) is 0 Å². The molecule has 1 aliphatic heterocycles. The first-order valence-electron chi connectivity index (χ1n) is 10.6. The topological polar surface area (TPSA) is 92.4 Å². The Hall–Kier alpha value is -2.96. The van der Waals surface area contributed by atoms with E-state index in [9.17, 15) is 9.59 Å². The van der Waals surface area contributed by atoms with Gasteiger partial charge in [-0.3, -0.25) is 9.59 Å². The van der Waals surface area contributed by atoms with E-state index in [1.807, 2.05) is 17.9 Å². The highest BCUT2D eigenvalue weighted by molar-refractivity contribution is 5.97. The average Bonchev–Trinajstić information content (AvgIpc) is 2.72. The molecule has 2 amide bonds. The summed E-state index contributed by atoms with van der Waals surface area (Å²) in [5.74, 6) is 0.473. The van der Waals surface area contributed by atoms with Gasteiger partial charge in [-0.1, -0.05) is 13.8 Å². The summed E-state index contributed by atoms with van der Waals surface area (Å²) >= 11 is 0. The van der Waals surface area contributed by atoms with Gasteiger partial charge in [0.25, 0.3) is 5.91 Å². The van der Waals surface area contributed by atoms with Crippen molar-refractivity contribution < 1.29 is 9.59 Å². The SMILES string of the molecule is Cc1cc(CN(CC(C)C)C(=O)c2ccc(C(N)=O)cc2)nc(N2CCCCC2)n1. The van der Waals surface area contributed by atoms with Crippen molar-refractivity contribution in [2.45, 2.75) is 46.6 Å². The summed E-state index contributed by atoms with van der Waals surface area (Å²) in [6.07, 6.45) is 3.57. The van der Waals surface area contributed by atoms with Crippen molar-refractivity contribution in [3.05, 3.63) is 52.8 Å². The van der Waals surface area contributed by atoms with Gasteiger partial charge < -0.3 is 15.5 Å². The van der Waals surface area contributed by atoms with Crippen LogP contribution in [-0.2, 0) is 6.54 Å². The van der Waals surface area contributed by atoms with E-state index in [1.165, 1.54) is 6.42 Å². The quantitative estimate of drug-likeness (QED) is 0.758. The molecule has 0 saturated carbocycles. The highest BCUT2D eigenvalue weighted by Crippen LogP contribution is 2.19. The number of carbonyl (C=O) groups excluding carboxylic acids is 2. The summed E-state index contributed by atoms with van der Waals surface area (Å²) in [5.41, 5.74) is 7.97. The molecule has 3 rings (SSSR count). The molecule has 0 bridgehead atoms. The number of hydrogen-bond donors (Lipinski definition) is 1. The van der Waals surface area contributed by atoms with Crippen LogP contribution < -0.4 is 10.6 Å². The summed E-state index contributed by atoms with van der Waals surface area (Å²) in [7, 11) is 0. The second kappa shape index (κ2) is 9.69. The van der Waals surface area contributed by atoms with Crippen LogP contribution in [0.3, 0.4) is 0 Å². The normalized spacial score (nSPS) is 14.1. The Labute approximate surface area is 178 Å². The van der Waals surface area contributed by atoms with Crippen LogP contribution in [0.5, 0.6) is 0 Å². The zero-order chi connectivity index (χ0) is 21.7. The highest BCUT2D eigenvalue weighted by Gasteiger charge is 2.20.